The largest absolute Gasteiger partial charge is 0.445 e. The summed E-state index contributed by atoms with van der Waals surface area (Å²) >= 11 is 1.52. The van der Waals surface area contributed by atoms with Crippen LogP contribution >= 0.6 is 11.3 Å². The number of benzene rings is 2. The lowest BCUT2D eigenvalue weighted by Crippen LogP contribution is -2.26. The van der Waals surface area contributed by atoms with Crippen molar-refractivity contribution in [1.29, 1.82) is 0 Å². The number of aryl methyl sites for hydroxylation is 1. The van der Waals surface area contributed by atoms with Crippen LogP contribution in [0.25, 0.3) is 22.9 Å². The van der Waals surface area contributed by atoms with Gasteiger partial charge in [0.2, 0.25) is 17.7 Å². The maximum atomic E-state index is 13.4. The number of nitrogens with zero attached hydrogens (tertiary/aromatic N) is 5. The number of carbonyl (C=O) groups is 1. The van der Waals surface area contributed by atoms with Crippen molar-refractivity contribution in [2.75, 3.05) is 7.05 Å². The van der Waals surface area contributed by atoms with Crippen molar-refractivity contribution in [3.8, 4) is 22.9 Å². The average Bonchev–Trinajstić information content (AvgIpc) is 3.67. The number of oxazole rings is 1. The van der Waals surface area contributed by atoms with Crippen molar-refractivity contribution in [3.63, 3.8) is 0 Å². The lowest BCUT2D eigenvalue weighted by atomic mass is 10.0. The Labute approximate surface area is 216 Å². The first kappa shape index (κ1) is 24.5. The Morgan fingerprint density at radius 2 is 1.86 bits per heavy atom. The number of hydrogen-bond acceptors (Lipinski definition) is 8. The zero-order valence-corrected chi connectivity index (χ0v) is 21.3. The van der Waals surface area contributed by atoms with Gasteiger partial charge in [-0.05, 0) is 49.2 Å². The molecule has 3 heterocycles. The highest BCUT2D eigenvalue weighted by molar-refractivity contribution is 7.09. The summed E-state index contributed by atoms with van der Waals surface area (Å²) in [7, 11) is 1.73. The average molecular weight is 518 g/mol. The maximum Gasteiger partial charge on any atom is 0.254 e. The highest BCUT2D eigenvalue weighted by Gasteiger charge is 2.21. The molecular formula is C27H24FN5O3S. The minimum absolute atomic E-state index is 0.0874. The highest BCUT2D eigenvalue weighted by atomic mass is 32.1. The predicted octanol–water partition coefficient (Wildman–Crippen LogP) is 5.91. The molecule has 0 aliphatic rings. The second-order valence-corrected chi connectivity index (χ2v) is 9.80. The molecule has 188 valence electrons. The van der Waals surface area contributed by atoms with Gasteiger partial charge >= 0.3 is 0 Å². The Balaban J connectivity index is 1.43. The molecule has 1 atom stereocenters. The Kier molecular flexibility index (Phi) is 6.91. The van der Waals surface area contributed by atoms with E-state index in [1.165, 1.54) is 29.7 Å². The molecule has 37 heavy (non-hydrogen) atoms. The lowest BCUT2D eigenvalue weighted by molar-refractivity contribution is 0.0785. The molecule has 1 unspecified atom stereocenters. The summed E-state index contributed by atoms with van der Waals surface area (Å²) in [5, 5.41) is 11.3. The molecule has 0 fully saturated rings. The molecule has 5 rings (SSSR count). The molecular weight excluding hydrogens is 493 g/mol. The predicted molar refractivity (Wildman–Crippen MR) is 136 cm³/mol. The van der Waals surface area contributed by atoms with E-state index in [0.29, 0.717) is 41.4 Å². The summed E-state index contributed by atoms with van der Waals surface area (Å²) in [4.78, 5) is 23.7. The number of aromatic nitrogens is 4. The van der Waals surface area contributed by atoms with Gasteiger partial charge in [0.15, 0.2) is 0 Å². The van der Waals surface area contributed by atoms with E-state index in [9.17, 15) is 9.18 Å². The molecule has 0 N–H and O–H groups in total. The SMILES string of the molecule is Cc1csc(CN(C)C(=O)c2cc(-c3ncco3)cc(-c3nnc(C(C)Cc4ccc(F)cc4)o3)c2)n1. The molecule has 0 saturated carbocycles. The van der Waals surface area contributed by atoms with E-state index < -0.39 is 0 Å². The van der Waals surface area contributed by atoms with E-state index in [2.05, 4.69) is 20.2 Å². The smallest absolute Gasteiger partial charge is 0.254 e. The van der Waals surface area contributed by atoms with Crippen LogP contribution in [0.1, 0.15) is 45.4 Å². The number of carbonyl (C=O) groups excluding carboxylic acids is 1. The summed E-state index contributed by atoms with van der Waals surface area (Å²) in [6.07, 6.45) is 3.63. The minimum atomic E-state index is -0.278. The van der Waals surface area contributed by atoms with Gasteiger partial charge in [-0.2, -0.15) is 0 Å². The fourth-order valence-electron chi connectivity index (χ4n) is 3.95. The van der Waals surface area contributed by atoms with E-state index in [1.807, 2.05) is 19.2 Å². The van der Waals surface area contributed by atoms with Gasteiger partial charge in [-0.15, -0.1) is 21.5 Å². The first-order valence-corrected chi connectivity index (χ1v) is 12.5. The molecule has 0 bridgehead atoms. The Morgan fingerprint density at radius 3 is 2.54 bits per heavy atom. The molecule has 0 aliphatic heterocycles. The molecule has 10 heteroatoms. The van der Waals surface area contributed by atoms with Crippen LogP contribution < -0.4 is 0 Å². The third-order valence-corrected chi connectivity index (χ3v) is 6.76. The zero-order valence-electron chi connectivity index (χ0n) is 20.5. The topological polar surface area (TPSA) is 98.2 Å². The van der Waals surface area contributed by atoms with E-state index in [4.69, 9.17) is 8.83 Å². The fourth-order valence-corrected chi connectivity index (χ4v) is 4.77. The van der Waals surface area contributed by atoms with Gasteiger partial charge in [0.25, 0.3) is 5.91 Å². The zero-order chi connectivity index (χ0) is 25.9. The number of thiazole rings is 1. The van der Waals surface area contributed by atoms with Gasteiger partial charge in [-0.3, -0.25) is 4.79 Å². The summed E-state index contributed by atoms with van der Waals surface area (Å²) in [6, 6.07) is 11.6. The summed E-state index contributed by atoms with van der Waals surface area (Å²) < 4.78 is 24.7. The van der Waals surface area contributed by atoms with E-state index in [-0.39, 0.29) is 23.5 Å². The number of halogens is 1. The minimum Gasteiger partial charge on any atom is -0.445 e. The van der Waals surface area contributed by atoms with Gasteiger partial charge in [-0.1, -0.05) is 19.1 Å². The normalized spacial score (nSPS) is 12.0. The molecule has 5 aromatic rings. The lowest BCUT2D eigenvalue weighted by Gasteiger charge is -2.16. The number of amides is 1. The van der Waals surface area contributed by atoms with Crippen molar-refractivity contribution in [2.45, 2.75) is 32.7 Å². The molecule has 8 nitrogen and oxygen atoms in total. The van der Waals surface area contributed by atoms with E-state index >= 15 is 0 Å². The first-order valence-electron chi connectivity index (χ1n) is 11.7. The molecule has 0 saturated heterocycles. The Bertz CT molecular complexity index is 1510. The van der Waals surface area contributed by atoms with Crippen LogP contribution in [0.15, 0.2) is 69.1 Å². The van der Waals surface area contributed by atoms with Crippen LogP contribution in [0.4, 0.5) is 4.39 Å². The number of rotatable bonds is 8. The maximum absolute atomic E-state index is 13.4. The molecule has 0 radical (unpaired) electrons. The molecule has 0 spiro atoms. The van der Waals surface area contributed by atoms with Crippen LogP contribution in [0.3, 0.4) is 0 Å². The fraction of sp³-hybridized carbons (Fsp3) is 0.222. The van der Waals surface area contributed by atoms with Gasteiger partial charge in [0.1, 0.15) is 17.1 Å². The van der Waals surface area contributed by atoms with Crippen LogP contribution in [0, 0.1) is 12.7 Å². The molecule has 0 aliphatic carbocycles. The Morgan fingerprint density at radius 1 is 1.11 bits per heavy atom. The standard InChI is InChI=1S/C27H24FN5O3S/c1-16(10-18-4-6-22(28)7-5-18)24-31-32-26(36-24)20-11-19(25-29-8-9-35-25)12-21(13-20)27(34)33(3)14-23-30-17(2)15-37-23/h4-9,11-13,15-16H,10,14H2,1-3H3. The van der Waals surface area contributed by atoms with Crippen LogP contribution in [-0.2, 0) is 13.0 Å². The van der Waals surface area contributed by atoms with Crippen molar-refractivity contribution >= 4 is 17.2 Å². The van der Waals surface area contributed by atoms with Crippen LogP contribution in [0.5, 0.6) is 0 Å². The summed E-state index contributed by atoms with van der Waals surface area (Å²) in [5.74, 6) is 0.549. The van der Waals surface area contributed by atoms with Crippen molar-refractivity contribution in [1.82, 2.24) is 25.1 Å². The summed E-state index contributed by atoms with van der Waals surface area (Å²) in [6.45, 7) is 4.28. The van der Waals surface area contributed by atoms with Gasteiger partial charge in [0.05, 0.1) is 12.7 Å². The van der Waals surface area contributed by atoms with Gasteiger partial charge in [-0.25, -0.2) is 14.4 Å². The van der Waals surface area contributed by atoms with Crippen molar-refractivity contribution < 1.29 is 18.0 Å². The third-order valence-electron chi connectivity index (χ3n) is 5.81. The van der Waals surface area contributed by atoms with E-state index in [0.717, 1.165) is 16.3 Å². The molecule has 2 aromatic carbocycles. The molecule has 3 aromatic heterocycles. The van der Waals surface area contributed by atoms with Crippen molar-refractivity contribution in [3.05, 3.63) is 93.8 Å². The van der Waals surface area contributed by atoms with Crippen LogP contribution in [-0.4, -0.2) is 38.0 Å². The highest BCUT2D eigenvalue weighted by Crippen LogP contribution is 2.30. The van der Waals surface area contributed by atoms with Gasteiger partial charge in [0, 0.05) is 40.7 Å². The monoisotopic (exact) mass is 517 g/mol. The van der Waals surface area contributed by atoms with Crippen LogP contribution in [0.2, 0.25) is 0 Å². The number of hydrogen-bond donors (Lipinski definition) is 0. The van der Waals surface area contributed by atoms with Crippen molar-refractivity contribution in [2.24, 2.45) is 0 Å². The first-order chi connectivity index (χ1) is 17.9. The second kappa shape index (κ2) is 10.4. The quantitative estimate of drug-likeness (QED) is 0.252. The van der Waals surface area contributed by atoms with Gasteiger partial charge < -0.3 is 13.7 Å². The Hall–Kier alpha value is -4.18. The second-order valence-electron chi connectivity index (χ2n) is 8.86. The molecule has 1 amide bonds. The van der Waals surface area contributed by atoms with E-state index in [1.54, 1.807) is 48.5 Å². The third kappa shape index (κ3) is 5.64. The summed E-state index contributed by atoms with van der Waals surface area (Å²) in [5.41, 5.74) is 3.51.